The maximum absolute atomic E-state index is 11.8. The molecule has 0 amide bonds. The molecule has 0 aliphatic rings. The van der Waals surface area contributed by atoms with Gasteiger partial charge in [0.15, 0.2) is 0 Å². The minimum absolute atomic E-state index is 0.130. The van der Waals surface area contributed by atoms with E-state index in [9.17, 15) is 13.2 Å². The molecule has 5 heteroatoms. The maximum atomic E-state index is 11.8. The van der Waals surface area contributed by atoms with Gasteiger partial charge in [0.05, 0.1) is 19.1 Å². The van der Waals surface area contributed by atoms with Crippen molar-refractivity contribution in [3.63, 3.8) is 0 Å². The number of nitrogens with one attached hydrogen (secondary N) is 1. The Labute approximate surface area is 89.2 Å². The van der Waals surface area contributed by atoms with Gasteiger partial charge in [0, 0.05) is 12.6 Å². The third-order valence-electron chi connectivity index (χ3n) is 1.95. The molecule has 0 rings (SSSR count). The number of halogens is 3. The summed E-state index contributed by atoms with van der Waals surface area (Å²) in [5.74, 6) is 0. The summed E-state index contributed by atoms with van der Waals surface area (Å²) in [7, 11) is 0. The third-order valence-corrected chi connectivity index (χ3v) is 1.95. The first-order valence-corrected chi connectivity index (χ1v) is 5.27. The summed E-state index contributed by atoms with van der Waals surface area (Å²) in [6.45, 7) is 6.24. The molecule has 0 fully saturated rings. The molecular weight excluding hydrogens is 207 g/mol. The molecule has 0 aromatic heterocycles. The monoisotopic (exact) mass is 227 g/mol. The summed E-state index contributed by atoms with van der Waals surface area (Å²) in [5.41, 5.74) is 0. The summed E-state index contributed by atoms with van der Waals surface area (Å²) < 4.78 is 40.6. The van der Waals surface area contributed by atoms with Gasteiger partial charge < -0.3 is 10.1 Å². The van der Waals surface area contributed by atoms with Crippen LogP contribution in [0.5, 0.6) is 0 Å². The Kier molecular flexibility index (Phi) is 6.92. The van der Waals surface area contributed by atoms with E-state index < -0.39 is 12.6 Å². The first-order valence-electron chi connectivity index (χ1n) is 5.27. The SMILES string of the molecule is CCC(CNC(C)C)OCCC(F)(F)F. The van der Waals surface area contributed by atoms with Crippen molar-refractivity contribution in [3.05, 3.63) is 0 Å². The zero-order valence-electron chi connectivity index (χ0n) is 9.53. The molecule has 0 aliphatic heterocycles. The second-order valence-electron chi connectivity index (χ2n) is 3.83. The third kappa shape index (κ3) is 10.0. The van der Waals surface area contributed by atoms with Crippen LogP contribution in [0, 0.1) is 0 Å². The molecular formula is C10H20F3NO. The van der Waals surface area contributed by atoms with Gasteiger partial charge in [0.25, 0.3) is 0 Å². The summed E-state index contributed by atoms with van der Waals surface area (Å²) in [4.78, 5) is 0. The molecule has 0 saturated carbocycles. The standard InChI is InChI=1S/C10H20F3NO/c1-4-9(7-14-8(2)3)15-6-5-10(11,12)13/h8-9,14H,4-7H2,1-3H3. The van der Waals surface area contributed by atoms with E-state index in [1.54, 1.807) is 0 Å². The second-order valence-corrected chi connectivity index (χ2v) is 3.83. The Morgan fingerprint density at radius 3 is 2.27 bits per heavy atom. The highest BCUT2D eigenvalue weighted by molar-refractivity contribution is 4.62. The summed E-state index contributed by atoms with van der Waals surface area (Å²) >= 11 is 0. The van der Waals surface area contributed by atoms with Gasteiger partial charge in [-0.3, -0.25) is 0 Å². The van der Waals surface area contributed by atoms with Crippen molar-refractivity contribution in [1.29, 1.82) is 0 Å². The first-order chi connectivity index (χ1) is 6.85. The molecule has 2 nitrogen and oxygen atoms in total. The molecule has 0 spiro atoms. The molecule has 0 radical (unpaired) electrons. The normalized spacial score (nSPS) is 14.6. The van der Waals surface area contributed by atoms with E-state index >= 15 is 0 Å². The van der Waals surface area contributed by atoms with Crippen molar-refractivity contribution >= 4 is 0 Å². The fourth-order valence-corrected chi connectivity index (χ4v) is 1.03. The molecule has 1 atom stereocenters. The maximum Gasteiger partial charge on any atom is 0.391 e. The van der Waals surface area contributed by atoms with Crippen LogP contribution in [-0.2, 0) is 4.74 Å². The van der Waals surface area contributed by atoms with Crippen LogP contribution in [0.1, 0.15) is 33.6 Å². The smallest absolute Gasteiger partial charge is 0.377 e. The number of hydrogen-bond donors (Lipinski definition) is 1. The fourth-order valence-electron chi connectivity index (χ4n) is 1.03. The van der Waals surface area contributed by atoms with Gasteiger partial charge in [-0.1, -0.05) is 20.8 Å². The van der Waals surface area contributed by atoms with Gasteiger partial charge in [-0.05, 0) is 6.42 Å². The predicted octanol–water partition coefficient (Wildman–Crippen LogP) is 2.73. The van der Waals surface area contributed by atoms with E-state index in [2.05, 4.69) is 5.32 Å². The van der Waals surface area contributed by atoms with Crippen LogP contribution < -0.4 is 5.32 Å². The van der Waals surface area contributed by atoms with Crippen LogP contribution in [-0.4, -0.2) is 31.5 Å². The Bertz CT molecular complexity index is 159. The van der Waals surface area contributed by atoms with Gasteiger partial charge in [0.1, 0.15) is 0 Å². The minimum atomic E-state index is -4.12. The van der Waals surface area contributed by atoms with Crippen LogP contribution in [0.25, 0.3) is 0 Å². The molecule has 0 aromatic carbocycles. The lowest BCUT2D eigenvalue weighted by Crippen LogP contribution is -2.33. The van der Waals surface area contributed by atoms with Crippen LogP contribution in [0.4, 0.5) is 13.2 Å². The minimum Gasteiger partial charge on any atom is -0.377 e. The Hall–Kier alpha value is -0.290. The fraction of sp³-hybridized carbons (Fsp3) is 1.00. The lowest BCUT2D eigenvalue weighted by molar-refractivity contribution is -0.149. The number of hydrogen-bond acceptors (Lipinski definition) is 2. The molecule has 0 aromatic rings. The van der Waals surface area contributed by atoms with Gasteiger partial charge in [-0.2, -0.15) is 13.2 Å². The average Bonchev–Trinajstić information content (AvgIpc) is 2.08. The molecule has 92 valence electrons. The van der Waals surface area contributed by atoms with Crippen molar-refractivity contribution in [2.75, 3.05) is 13.2 Å². The molecule has 0 aliphatic carbocycles. The van der Waals surface area contributed by atoms with E-state index in [0.717, 1.165) is 6.42 Å². The highest BCUT2D eigenvalue weighted by atomic mass is 19.4. The lowest BCUT2D eigenvalue weighted by atomic mass is 10.2. The van der Waals surface area contributed by atoms with Crippen molar-refractivity contribution < 1.29 is 17.9 Å². The van der Waals surface area contributed by atoms with Gasteiger partial charge >= 0.3 is 6.18 Å². The summed E-state index contributed by atoms with van der Waals surface area (Å²) in [6.07, 6.45) is -4.40. The highest BCUT2D eigenvalue weighted by Crippen LogP contribution is 2.19. The molecule has 15 heavy (non-hydrogen) atoms. The Morgan fingerprint density at radius 2 is 1.87 bits per heavy atom. The van der Waals surface area contributed by atoms with E-state index in [1.807, 2.05) is 20.8 Å². The summed E-state index contributed by atoms with van der Waals surface area (Å²) in [5, 5.41) is 3.14. The van der Waals surface area contributed by atoms with Crippen molar-refractivity contribution in [2.45, 2.75) is 51.9 Å². The Morgan fingerprint density at radius 1 is 1.27 bits per heavy atom. The van der Waals surface area contributed by atoms with Gasteiger partial charge in [-0.15, -0.1) is 0 Å². The molecule has 0 heterocycles. The summed E-state index contributed by atoms with van der Waals surface area (Å²) in [6, 6.07) is 0.324. The van der Waals surface area contributed by atoms with Crippen molar-refractivity contribution in [1.82, 2.24) is 5.32 Å². The largest absolute Gasteiger partial charge is 0.391 e. The number of alkyl halides is 3. The van der Waals surface area contributed by atoms with Crippen LogP contribution in [0.2, 0.25) is 0 Å². The van der Waals surface area contributed by atoms with Gasteiger partial charge in [-0.25, -0.2) is 0 Å². The molecule has 1 unspecified atom stereocenters. The highest BCUT2D eigenvalue weighted by Gasteiger charge is 2.27. The lowest BCUT2D eigenvalue weighted by Gasteiger charge is -2.18. The first kappa shape index (κ1) is 14.7. The van der Waals surface area contributed by atoms with E-state index in [4.69, 9.17) is 4.74 Å². The van der Waals surface area contributed by atoms with Crippen LogP contribution in [0.15, 0.2) is 0 Å². The number of ether oxygens (including phenoxy) is 1. The van der Waals surface area contributed by atoms with E-state index in [1.165, 1.54) is 0 Å². The zero-order chi connectivity index (χ0) is 11.9. The van der Waals surface area contributed by atoms with E-state index in [0.29, 0.717) is 12.6 Å². The molecule has 0 saturated heterocycles. The van der Waals surface area contributed by atoms with Crippen LogP contribution in [0.3, 0.4) is 0 Å². The average molecular weight is 227 g/mol. The number of rotatable bonds is 7. The topological polar surface area (TPSA) is 21.3 Å². The van der Waals surface area contributed by atoms with E-state index in [-0.39, 0.29) is 12.7 Å². The van der Waals surface area contributed by atoms with Crippen molar-refractivity contribution in [3.8, 4) is 0 Å². The van der Waals surface area contributed by atoms with Crippen molar-refractivity contribution in [2.24, 2.45) is 0 Å². The molecule has 1 N–H and O–H groups in total. The van der Waals surface area contributed by atoms with Crippen LogP contribution >= 0.6 is 0 Å². The predicted molar refractivity (Wildman–Crippen MR) is 53.8 cm³/mol. The quantitative estimate of drug-likeness (QED) is 0.722. The van der Waals surface area contributed by atoms with Gasteiger partial charge in [0.2, 0.25) is 0 Å². The zero-order valence-corrected chi connectivity index (χ0v) is 9.53. The second kappa shape index (κ2) is 7.06. The molecule has 0 bridgehead atoms. The Balaban J connectivity index is 3.62.